The Morgan fingerprint density at radius 3 is 2.69 bits per heavy atom. The van der Waals surface area contributed by atoms with Crippen molar-refractivity contribution in [1.82, 2.24) is 5.32 Å². The van der Waals surface area contributed by atoms with E-state index in [1.165, 1.54) is 51.5 Å². The smallest absolute Gasteiger partial charge is 0.00980 e. The second-order valence-corrected chi connectivity index (χ2v) is 4.94. The fourth-order valence-corrected chi connectivity index (χ4v) is 3.16. The van der Waals surface area contributed by atoms with Crippen molar-refractivity contribution in [2.45, 2.75) is 57.9 Å². The molecule has 0 aromatic heterocycles. The van der Waals surface area contributed by atoms with E-state index in [1.807, 2.05) is 0 Å². The Hall–Kier alpha value is -0.0400. The maximum Gasteiger partial charge on any atom is 0.00980 e. The van der Waals surface area contributed by atoms with Crippen LogP contribution in [0.1, 0.15) is 51.9 Å². The van der Waals surface area contributed by atoms with E-state index in [4.69, 9.17) is 0 Å². The maximum atomic E-state index is 3.75. The van der Waals surface area contributed by atoms with Gasteiger partial charge in [-0.05, 0) is 44.1 Å². The lowest BCUT2D eigenvalue weighted by atomic mass is 9.95. The summed E-state index contributed by atoms with van der Waals surface area (Å²) in [7, 11) is 0. The summed E-state index contributed by atoms with van der Waals surface area (Å²) in [6.07, 6.45) is 10.2. The van der Waals surface area contributed by atoms with E-state index in [0.717, 1.165) is 17.9 Å². The molecule has 0 aromatic rings. The highest BCUT2D eigenvalue weighted by Crippen LogP contribution is 2.44. The number of hydrogen-bond donors (Lipinski definition) is 1. The zero-order chi connectivity index (χ0) is 9.10. The zero-order valence-corrected chi connectivity index (χ0v) is 8.89. The normalized spacial score (nSPS) is 37.2. The largest absolute Gasteiger partial charge is 0.314 e. The number of unbranched alkanes of at least 4 members (excludes halogenated alkanes) is 2. The van der Waals surface area contributed by atoms with Gasteiger partial charge in [-0.1, -0.05) is 26.2 Å². The Labute approximate surface area is 82.3 Å². The molecule has 2 aliphatic rings. The zero-order valence-electron chi connectivity index (χ0n) is 8.89. The van der Waals surface area contributed by atoms with Crippen molar-refractivity contribution >= 4 is 0 Å². The molecule has 0 aromatic carbocycles. The Bertz CT molecular complexity index is 155. The molecule has 0 amide bonds. The highest BCUT2D eigenvalue weighted by Gasteiger charge is 2.38. The highest BCUT2D eigenvalue weighted by molar-refractivity contribution is 4.93. The Morgan fingerprint density at radius 1 is 1.15 bits per heavy atom. The molecule has 1 nitrogen and oxygen atoms in total. The van der Waals surface area contributed by atoms with Gasteiger partial charge in [-0.2, -0.15) is 0 Å². The average Bonchev–Trinajstić information content (AvgIpc) is 2.73. The molecular weight excluding hydrogens is 158 g/mol. The summed E-state index contributed by atoms with van der Waals surface area (Å²) >= 11 is 0. The van der Waals surface area contributed by atoms with Crippen molar-refractivity contribution in [3.05, 3.63) is 0 Å². The quantitative estimate of drug-likeness (QED) is 0.643. The van der Waals surface area contributed by atoms with Gasteiger partial charge in [0.05, 0.1) is 0 Å². The van der Waals surface area contributed by atoms with Crippen molar-refractivity contribution in [2.75, 3.05) is 6.54 Å². The molecule has 1 heteroatoms. The SMILES string of the molecule is CCCCCN[C@H]1C[C@H]2CC[C@H]1C2. The standard InChI is InChI=1S/C12H23N/c1-2-3-4-7-13-12-9-10-5-6-11(12)8-10/h10-13H,2-9H2,1H3/t10-,11-,12-/m0/s1. The molecule has 0 unspecified atom stereocenters. The van der Waals surface area contributed by atoms with Crippen molar-refractivity contribution in [3.63, 3.8) is 0 Å². The summed E-state index contributed by atoms with van der Waals surface area (Å²) in [5.41, 5.74) is 0. The molecule has 1 N–H and O–H groups in total. The van der Waals surface area contributed by atoms with E-state index in [9.17, 15) is 0 Å². The first-order valence-corrected chi connectivity index (χ1v) is 6.13. The van der Waals surface area contributed by atoms with Gasteiger partial charge in [0.2, 0.25) is 0 Å². The van der Waals surface area contributed by atoms with Crippen LogP contribution < -0.4 is 5.32 Å². The molecule has 2 rings (SSSR count). The lowest BCUT2D eigenvalue weighted by Gasteiger charge is -2.22. The molecule has 3 atom stereocenters. The first-order chi connectivity index (χ1) is 6.40. The molecular formula is C12H23N. The van der Waals surface area contributed by atoms with Crippen LogP contribution in [0.3, 0.4) is 0 Å². The van der Waals surface area contributed by atoms with Gasteiger partial charge < -0.3 is 5.32 Å². The molecule has 2 saturated carbocycles. The summed E-state index contributed by atoms with van der Waals surface area (Å²) in [5, 5.41) is 3.75. The Kier molecular flexibility index (Phi) is 3.26. The Morgan fingerprint density at radius 2 is 2.08 bits per heavy atom. The van der Waals surface area contributed by atoms with Crippen LogP contribution in [0.5, 0.6) is 0 Å². The van der Waals surface area contributed by atoms with Crippen LogP contribution in [-0.4, -0.2) is 12.6 Å². The van der Waals surface area contributed by atoms with Gasteiger partial charge in [-0.3, -0.25) is 0 Å². The molecule has 0 radical (unpaired) electrons. The summed E-state index contributed by atoms with van der Waals surface area (Å²) in [6, 6.07) is 0.899. The third-order valence-electron chi connectivity index (χ3n) is 3.92. The summed E-state index contributed by atoms with van der Waals surface area (Å²) < 4.78 is 0. The molecule has 0 aliphatic heterocycles. The summed E-state index contributed by atoms with van der Waals surface area (Å²) in [6.45, 7) is 3.54. The predicted octanol–water partition coefficient (Wildman–Crippen LogP) is 2.95. The van der Waals surface area contributed by atoms with Crippen LogP contribution in [0.25, 0.3) is 0 Å². The fourth-order valence-electron chi connectivity index (χ4n) is 3.16. The number of rotatable bonds is 5. The van der Waals surface area contributed by atoms with Crippen molar-refractivity contribution in [1.29, 1.82) is 0 Å². The highest BCUT2D eigenvalue weighted by atomic mass is 14.9. The van der Waals surface area contributed by atoms with Gasteiger partial charge >= 0.3 is 0 Å². The topological polar surface area (TPSA) is 12.0 Å². The first-order valence-electron chi connectivity index (χ1n) is 6.13. The molecule has 13 heavy (non-hydrogen) atoms. The minimum Gasteiger partial charge on any atom is -0.314 e. The van der Waals surface area contributed by atoms with Crippen LogP contribution in [0.2, 0.25) is 0 Å². The van der Waals surface area contributed by atoms with Crippen LogP contribution in [0, 0.1) is 11.8 Å². The maximum absolute atomic E-state index is 3.75. The van der Waals surface area contributed by atoms with Gasteiger partial charge in [-0.25, -0.2) is 0 Å². The van der Waals surface area contributed by atoms with E-state index >= 15 is 0 Å². The van der Waals surface area contributed by atoms with Crippen molar-refractivity contribution in [2.24, 2.45) is 11.8 Å². The van der Waals surface area contributed by atoms with Crippen LogP contribution in [-0.2, 0) is 0 Å². The third-order valence-corrected chi connectivity index (χ3v) is 3.92. The fraction of sp³-hybridized carbons (Fsp3) is 1.00. The minimum atomic E-state index is 0.899. The van der Waals surface area contributed by atoms with E-state index < -0.39 is 0 Å². The number of nitrogens with one attached hydrogen (secondary N) is 1. The van der Waals surface area contributed by atoms with Crippen LogP contribution in [0.15, 0.2) is 0 Å². The first kappa shape index (κ1) is 9.51. The van der Waals surface area contributed by atoms with Crippen LogP contribution >= 0.6 is 0 Å². The lowest BCUT2D eigenvalue weighted by molar-refractivity contribution is 0.349. The lowest BCUT2D eigenvalue weighted by Crippen LogP contribution is -2.34. The van der Waals surface area contributed by atoms with E-state index in [0.29, 0.717) is 0 Å². The van der Waals surface area contributed by atoms with E-state index in [-0.39, 0.29) is 0 Å². The van der Waals surface area contributed by atoms with Crippen molar-refractivity contribution < 1.29 is 0 Å². The molecule has 76 valence electrons. The summed E-state index contributed by atoms with van der Waals surface area (Å²) in [4.78, 5) is 0. The van der Waals surface area contributed by atoms with Gasteiger partial charge in [0.1, 0.15) is 0 Å². The molecule has 2 bridgehead atoms. The van der Waals surface area contributed by atoms with Gasteiger partial charge in [0.25, 0.3) is 0 Å². The van der Waals surface area contributed by atoms with Gasteiger partial charge in [0, 0.05) is 6.04 Å². The second kappa shape index (κ2) is 4.45. The third kappa shape index (κ3) is 2.25. The second-order valence-electron chi connectivity index (χ2n) is 4.94. The van der Waals surface area contributed by atoms with Gasteiger partial charge in [-0.15, -0.1) is 0 Å². The number of hydrogen-bond acceptors (Lipinski definition) is 1. The molecule has 0 saturated heterocycles. The minimum absolute atomic E-state index is 0.899. The van der Waals surface area contributed by atoms with E-state index in [1.54, 1.807) is 0 Å². The van der Waals surface area contributed by atoms with Crippen molar-refractivity contribution in [3.8, 4) is 0 Å². The number of fused-ring (bicyclic) bond motifs is 2. The molecule has 2 aliphatic carbocycles. The molecule has 0 heterocycles. The average molecular weight is 181 g/mol. The van der Waals surface area contributed by atoms with Gasteiger partial charge in [0.15, 0.2) is 0 Å². The van der Waals surface area contributed by atoms with Crippen LogP contribution in [0.4, 0.5) is 0 Å². The molecule has 0 spiro atoms. The van der Waals surface area contributed by atoms with E-state index in [2.05, 4.69) is 12.2 Å². The molecule has 2 fully saturated rings. The monoisotopic (exact) mass is 181 g/mol. The predicted molar refractivity (Wildman–Crippen MR) is 56.8 cm³/mol. The Balaban J connectivity index is 1.60. The summed E-state index contributed by atoms with van der Waals surface area (Å²) in [5.74, 6) is 2.14.